The molecule has 4 rings (SSSR count). The number of pyridine rings is 1. The third kappa shape index (κ3) is 3.43. The molecule has 0 saturated carbocycles. The predicted octanol–water partition coefficient (Wildman–Crippen LogP) is 3.06. The fourth-order valence-electron chi connectivity index (χ4n) is 3.32. The molecule has 0 bridgehead atoms. The van der Waals surface area contributed by atoms with Crippen molar-refractivity contribution in [2.45, 2.75) is 18.4 Å². The van der Waals surface area contributed by atoms with E-state index in [1.54, 1.807) is 24.5 Å². The molecule has 1 aromatic carbocycles. The summed E-state index contributed by atoms with van der Waals surface area (Å²) >= 11 is 0. The SMILES string of the molecule is CN1CCC2(CC1)COC(c1ccncc1)=C(c1ccc(F)cc1)NO2. The van der Waals surface area contributed by atoms with Crippen LogP contribution in [0, 0.1) is 5.82 Å². The topological polar surface area (TPSA) is 46.6 Å². The van der Waals surface area contributed by atoms with Crippen molar-refractivity contribution in [3.05, 3.63) is 65.7 Å². The lowest BCUT2D eigenvalue weighted by Crippen LogP contribution is -2.49. The van der Waals surface area contributed by atoms with Crippen LogP contribution < -0.4 is 5.48 Å². The first-order valence-corrected chi connectivity index (χ1v) is 8.81. The second-order valence-electron chi connectivity index (χ2n) is 6.93. The molecule has 1 aromatic heterocycles. The third-order valence-electron chi connectivity index (χ3n) is 5.05. The molecule has 0 radical (unpaired) electrons. The molecule has 0 aliphatic carbocycles. The van der Waals surface area contributed by atoms with Gasteiger partial charge in [-0.3, -0.25) is 15.3 Å². The van der Waals surface area contributed by atoms with E-state index in [2.05, 4.69) is 22.4 Å². The van der Waals surface area contributed by atoms with Crippen molar-refractivity contribution in [2.24, 2.45) is 0 Å². The molecule has 0 amide bonds. The molecule has 0 atom stereocenters. The van der Waals surface area contributed by atoms with Gasteiger partial charge in [0.2, 0.25) is 0 Å². The number of hydroxylamine groups is 1. The Morgan fingerprint density at radius 2 is 1.73 bits per heavy atom. The molecule has 5 nitrogen and oxygen atoms in total. The maximum atomic E-state index is 13.4. The summed E-state index contributed by atoms with van der Waals surface area (Å²) in [5, 5.41) is 0. The predicted molar refractivity (Wildman–Crippen MR) is 97.1 cm³/mol. The molecule has 3 heterocycles. The number of nitrogens with one attached hydrogen (secondary N) is 1. The van der Waals surface area contributed by atoms with Crippen molar-refractivity contribution >= 4 is 11.5 Å². The number of halogens is 1. The van der Waals surface area contributed by atoms with E-state index in [4.69, 9.17) is 9.57 Å². The van der Waals surface area contributed by atoms with Crippen LogP contribution >= 0.6 is 0 Å². The number of benzene rings is 1. The van der Waals surface area contributed by atoms with Crippen LogP contribution in [0.3, 0.4) is 0 Å². The first kappa shape index (κ1) is 17.0. The average molecular weight is 355 g/mol. The summed E-state index contributed by atoms with van der Waals surface area (Å²) in [5.74, 6) is 0.414. The standard InChI is InChI=1S/C20H22FN3O2/c1-24-12-8-20(9-13-24)14-25-19(16-6-10-22-11-7-16)18(23-26-20)15-2-4-17(21)5-3-15/h2-7,10-11,23H,8-9,12-14H2,1H3. The van der Waals surface area contributed by atoms with Gasteiger partial charge in [-0.25, -0.2) is 4.39 Å². The number of rotatable bonds is 2. The van der Waals surface area contributed by atoms with Gasteiger partial charge < -0.3 is 9.64 Å². The number of piperidine rings is 1. The van der Waals surface area contributed by atoms with Gasteiger partial charge in [-0.1, -0.05) is 0 Å². The number of nitrogens with zero attached hydrogens (tertiary/aromatic N) is 2. The van der Waals surface area contributed by atoms with E-state index in [-0.39, 0.29) is 11.4 Å². The lowest BCUT2D eigenvalue weighted by molar-refractivity contribution is -0.131. The first-order valence-electron chi connectivity index (χ1n) is 8.81. The number of aromatic nitrogens is 1. The Kier molecular flexibility index (Phi) is 4.61. The largest absolute Gasteiger partial charge is 0.488 e. The van der Waals surface area contributed by atoms with E-state index in [1.165, 1.54) is 12.1 Å². The maximum Gasteiger partial charge on any atom is 0.152 e. The van der Waals surface area contributed by atoms with Crippen molar-refractivity contribution in [2.75, 3.05) is 26.7 Å². The number of hydrogen-bond acceptors (Lipinski definition) is 5. The molecule has 1 saturated heterocycles. The zero-order valence-electron chi connectivity index (χ0n) is 14.7. The molecular formula is C20H22FN3O2. The van der Waals surface area contributed by atoms with Crippen molar-refractivity contribution in [1.29, 1.82) is 0 Å². The fraction of sp³-hybridized carbons (Fsp3) is 0.350. The van der Waals surface area contributed by atoms with E-state index in [9.17, 15) is 4.39 Å². The quantitative estimate of drug-likeness (QED) is 0.897. The summed E-state index contributed by atoms with van der Waals surface area (Å²) in [7, 11) is 2.11. The Balaban J connectivity index is 1.70. The van der Waals surface area contributed by atoms with Crippen molar-refractivity contribution in [3.8, 4) is 0 Å². The molecule has 2 aromatic rings. The summed E-state index contributed by atoms with van der Waals surface area (Å²) in [6.07, 6.45) is 5.23. The lowest BCUT2D eigenvalue weighted by atomic mass is 9.92. The Labute approximate surface area is 152 Å². The van der Waals surface area contributed by atoms with Gasteiger partial charge in [-0.2, -0.15) is 0 Å². The summed E-state index contributed by atoms with van der Waals surface area (Å²) in [5.41, 5.74) is 5.18. The van der Waals surface area contributed by atoms with Gasteiger partial charge in [0.1, 0.15) is 23.7 Å². The smallest absolute Gasteiger partial charge is 0.152 e. The van der Waals surface area contributed by atoms with Crippen LogP contribution in [0.5, 0.6) is 0 Å². The van der Waals surface area contributed by atoms with E-state index in [0.717, 1.165) is 37.1 Å². The maximum absolute atomic E-state index is 13.4. The molecule has 6 heteroatoms. The van der Waals surface area contributed by atoms with Crippen LogP contribution in [0.2, 0.25) is 0 Å². The molecule has 2 aliphatic rings. The molecule has 1 fully saturated rings. The van der Waals surface area contributed by atoms with Crippen LogP contribution in [-0.2, 0) is 9.57 Å². The van der Waals surface area contributed by atoms with Crippen LogP contribution in [-0.4, -0.2) is 42.2 Å². The number of hydrogen-bond donors (Lipinski definition) is 1. The van der Waals surface area contributed by atoms with Crippen LogP contribution in [0.15, 0.2) is 48.8 Å². The Morgan fingerprint density at radius 3 is 2.42 bits per heavy atom. The van der Waals surface area contributed by atoms with Crippen molar-refractivity contribution in [1.82, 2.24) is 15.4 Å². The second kappa shape index (κ2) is 7.05. The Bertz CT molecular complexity index is 784. The molecule has 136 valence electrons. The zero-order valence-corrected chi connectivity index (χ0v) is 14.7. The third-order valence-corrected chi connectivity index (χ3v) is 5.05. The Morgan fingerprint density at radius 1 is 1.04 bits per heavy atom. The highest BCUT2D eigenvalue weighted by Gasteiger charge is 2.39. The highest BCUT2D eigenvalue weighted by atomic mass is 19.1. The second-order valence-corrected chi connectivity index (χ2v) is 6.93. The molecule has 26 heavy (non-hydrogen) atoms. The van der Waals surface area contributed by atoms with E-state index in [0.29, 0.717) is 18.1 Å². The average Bonchev–Trinajstić information content (AvgIpc) is 2.86. The lowest BCUT2D eigenvalue weighted by Gasteiger charge is -2.38. The highest BCUT2D eigenvalue weighted by Crippen LogP contribution is 2.34. The van der Waals surface area contributed by atoms with Gasteiger partial charge in [0, 0.05) is 36.6 Å². The normalized spacial score (nSPS) is 20.4. The molecule has 1 N–H and O–H groups in total. The van der Waals surface area contributed by atoms with Gasteiger partial charge in [0.15, 0.2) is 5.76 Å². The molecular weight excluding hydrogens is 333 g/mol. The summed E-state index contributed by atoms with van der Waals surface area (Å²) in [4.78, 5) is 12.5. The van der Waals surface area contributed by atoms with Crippen molar-refractivity contribution < 1.29 is 14.0 Å². The van der Waals surface area contributed by atoms with Gasteiger partial charge in [0.05, 0.1) is 0 Å². The minimum Gasteiger partial charge on any atom is -0.488 e. The summed E-state index contributed by atoms with van der Waals surface area (Å²) in [6.45, 7) is 2.39. The van der Waals surface area contributed by atoms with Gasteiger partial charge >= 0.3 is 0 Å². The summed E-state index contributed by atoms with van der Waals surface area (Å²) in [6, 6.07) is 10.1. The molecule has 1 spiro atoms. The summed E-state index contributed by atoms with van der Waals surface area (Å²) < 4.78 is 19.6. The number of ether oxygens (including phenoxy) is 1. The minimum absolute atomic E-state index is 0.276. The van der Waals surface area contributed by atoms with Crippen molar-refractivity contribution in [3.63, 3.8) is 0 Å². The van der Waals surface area contributed by atoms with Gasteiger partial charge in [0.25, 0.3) is 0 Å². The van der Waals surface area contributed by atoms with Crippen LogP contribution in [0.1, 0.15) is 24.0 Å². The Hall–Kier alpha value is -2.44. The highest BCUT2D eigenvalue weighted by molar-refractivity contribution is 5.86. The fourth-order valence-corrected chi connectivity index (χ4v) is 3.32. The zero-order chi connectivity index (χ0) is 18.0. The van der Waals surface area contributed by atoms with Crippen LogP contribution in [0.4, 0.5) is 4.39 Å². The van der Waals surface area contributed by atoms with E-state index in [1.807, 2.05) is 12.1 Å². The minimum atomic E-state index is -0.368. The van der Waals surface area contributed by atoms with E-state index < -0.39 is 0 Å². The van der Waals surface area contributed by atoms with E-state index >= 15 is 0 Å². The molecule has 0 unspecified atom stereocenters. The molecule has 2 aliphatic heterocycles. The van der Waals surface area contributed by atoms with Gasteiger partial charge in [-0.05, 0) is 56.3 Å². The monoisotopic (exact) mass is 355 g/mol. The van der Waals surface area contributed by atoms with Gasteiger partial charge in [-0.15, -0.1) is 0 Å². The first-order chi connectivity index (χ1) is 12.7. The number of likely N-dealkylation sites (tertiary alicyclic amines) is 1. The van der Waals surface area contributed by atoms with Crippen LogP contribution in [0.25, 0.3) is 11.5 Å².